The Bertz CT molecular complexity index is 532. The van der Waals surface area contributed by atoms with Crippen LogP contribution in [0, 0.1) is 0 Å². The fourth-order valence-corrected chi connectivity index (χ4v) is 1.92. The molecule has 0 aliphatic carbocycles. The predicted molar refractivity (Wildman–Crippen MR) is 66.5 cm³/mol. The fourth-order valence-electron chi connectivity index (χ4n) is 0.994. The third-order valence-corrected chi connectivity index (χ3v) is 2.69. The number of pyridine rings is 1. The van der Waals surface area contributed by atoms with Crippen LogP contribution in [0.15, 0.2) is 18.3 Å². The van der Waals surface area contributed by atoms with Gasteiger partial charge in [-0.2, -0.15) is 8.42 Å². The summed E-state index contributed by atoms with van der Waals surface area (Å²) in [6.07, 6.45) is -0.152. The summed E-state index contributed by atoms with van der Waals surface area (Å²) in [5, 5.41) is 0.125. The lowest BCUT2D eigenvalue weighted by molar-refractivity contribution is 0.121. The van der Waals surface area contributed by atoms with Crippen LogP contribution in [0.3, 0.4) is 0 Å². The highest BCUT2D eigenvalue weighted by Crippen LogP contribution is 2.12. The lowest BCUT2D eigenvalue weighted by Gasteiger charge is -2.11. The number of rotatable bonds is 4. The molecule has 0 spiro atoms. The SMILES string of the molecule is CC(C)OC(=O)NS(=O)(=O)Nc1ccnc(Cl)c1. The number of halogens is 1. The van der Waals surface area contributed by atoms with Crippen LogP contribution in [0.4, 0.5) is 10.5 Å². The second-order valence-electron chi connectivity index (χ2n) is 3.53. The highest BCUT2D eigenvalue weighted by molar-refractivity contribution is 7.91. The van der Waals surface area contributed by atoms with Crippen molar-refractivity contribution < 1.29 is 17.9 Å². The number of carbonyl (C=O) groups is 1. The molecule has 0 unspecified atom stereocenters. The Kier molecular flexibility index (Phi) is 4.74. The average molecular weight is 294 g/mol. The van der Waals surface area contributed by atoms with Gasteiger partial charge in [0.15, 0.2) is 0 Å². The number of amides is 1. The minimum Gasteiger partial charge on any atom is -0.446 e. The molecule has 1 aromatic heterocycles. The first kappa shape index (κ1) is 14.5. The van der Waals surface area contributed by atoms with Gasteiger partial charge in [-0.05, 0) is 26.0 Å². The molecule has 9 heteroatoms. The Morgan fingerprint density at radius 1 is 1.50 bits per heavy atom. The molecule has 100 valence electrons. The summed E-state index contributed by atoms with van der Waals surface area (Å²) in [6, 6.07) is 2.69. The van der Waals surface area contributed by atoms with E-state index in [1.807, 2.05) is 0 Å². The van der Waals surface area contributed by atoms with Gasteiger partial charge in [0, 0.05) is 6.20 Å². The molecule has 0 saturated heterocycles. The van der Waals surface area contributed by atoms with E-state index in [9.17, 15) is 13.2 Å². The summed E-state index contributed by atoms with van der Waals surface area (Å²) in [5.74, 6) is 0. The third-order valence-electron chi connectivity index (χ3n) is 1.54. The summed E-state index contributed by atoms with van der Waals surface area (Å²) in [6.45, 7) is 3.20. The zero-order chi connectivity index (χ0) is 13.8. The summed E-state index contributed by atoms with van der Waals surface area (Å²) < 4.78 is 31.5. The lowest BCUT2D eigenvalue weighted by atomic mass is 10.4. The van der Waals surface area contributed by atoms with Gasteiger partial charge in [0.05, 0.1) is 11.8 Å². The minimum absolute atomic E-state index is 0.125. The van der Waals surface area contributed by atoms with Gasteiger partial charge >= 0.3 is 16.3 Å². The third kappa shape index (κ3) is 5.19. The fraction of sp³-hybridized carbons (Fsp3) is 0.333. The monoisotopic (exact) mass is 293 g/mol. The molecule has 18 heavy (non-hydrogen) atoms. The second-order valence-corrected chi connectivity index (χ2v) is 5.33. The first-order valence-corrected chi connectivity index (χ1v) is 6.77. The van der Waals surface area contributed by atoms with Crippen LogP contribution in [-0.2, 0) is 14.9 Å². The van der Waals surface area contributed by atoms with Gasteiger partial charge in [-0.15, -0.1) is 0 Å². The van der Waals surface area contributed by atoms with Crippen molar-refractivity contribution in [3.05, 3.63) is 23.5 Å². The standard InChI is InChI=1S/C9H12ClN3O4S/c1-6(2)17-9(14)13-18(15,16)12-7-3-4-11-8(10)5-7/h3-6H,1-2H3,(H,11,12)(H,13,14). The number of carbonyl (C=O) groups excluding carboxylic acids is 1. The molecule has 0 bridgehead atoms. The van der Waals surface area contributed by atoms with Crippen LogP contribution in [0.2, 0.25) is 5.15 Å². The van der Waals surface area contributed by atoms with E-state index in [1.165, 1.54) is 18.3 Å². The van der Waals surface area contributed by atoms with E-state index in [1.54, 1.807) is 18.6 Å². The van der Waals surface area contributed by atoms with Crippen LogP contribution >= 0.6 is 11.6 Å². The maximum absolute atomic E-state index is 11.5. The molecule has 0 aromatic carbocycles. The van der Waals surface area contributed by atoms with E-state index in [-0.39, 0.29) is 10.8 Å². The molecule has 0 fully saturated rings. The van der Waals surface area contributed by atoms with Gasteiger partial charge in [-0.25, -0.2) is 14.5 Å². The van der Waals surface area contributed by atoms with Crippen molar-refractivity contribution in [3.63, 3.8) is 0 Å². The van der Waals surface area contributed by atoms with Crippen LogP contribution < -0.4 is 9.44 Å². The Labute approximate surface area is 110 Å². The first-order chi connectivity index (χ1) is 8.28. The number of aromatic nitrogens is 1. The first-order valence-electron chi connectivity index (χ1n) is 4.91. The van der Waals surface area contributed by atoms with Crippen LogP contribution in [0.5, 0.6) is 0 Å². The van der Waals surface area contributed by atoms with E-state index in [4.69, 9.17) is 11.6 Å². The Morgan fingerprint density at radius 3 is 2.72 bits per heavy atom. The van der Waals surface area contributed by atoms with Crippen LogP contribution in [0.25, 0.3) is 0 Å². The molecule has 2 N–H and O–H groups in total. The molecule has 1 heterocycles. The van der Waals surface area contributed by atoms with Gasteiger partial charge in [-0.3, -0.25) is 4.72 Å². The normalized spacial score (nSPS) is 11.1. The molecule has 0 saturated carbocycles. The second kappa shape index (κ2) is 5.87. The molecular weight excluding hydrogens is 282 g/mol. The molecule has 7 nitrogen and oxygen atoms in total. The van der Waals surface area contributed by atoms with Crippen LogP contribution in [0.1, 0.15) is 13.8 Å². The van der Waals surface area contributed by atoms with E-state index >= 15 is 0 Å². The molecule has 1 aromatic rings. The van der Waals surface area contributed by atoms with Crippen molar-refractivity contribution in [3.8, 4) is 0 Å². The zero-order valence-electron chi connectivity index (χ0n) is 9.68. The van der Waals surface area contributed by atoms with Crippen molar-refractivity contribution in [2.75, 3.05) is 4.72 Å². The topological polar surface area (TPSA) is 97.4 Å². The van der Waals surface area contributed by atoms with Gasteiger partial charge in [0.25, 0.3) is 0 Å². The van der Waals surface area contributed by atoms with Gasteiger partial charge in [-0.1, -0.05) is 11.6 Å². The molecular formula is C9H12ClN3O4S. The maximum atomic E-state index is 11.5. The van der Waals surface area contributed by atoms with E-state index in [0.29, 0.717) is 0 Å². The Balaban J connectivity index is 2.68. The molecule has 0 aliphatic heterocycles. The predicted octanol–water partition coefficient (Wildman–Crippen LogP) is 1.53. The molecule has 0 radical (unpaired) electrons. The lowest BCUT2D eigenvalue weighted by Crippen LogP contribution is -2.36. The van der Waals surface area contributed by atoms with Gasteiger partial charge in [0.2, 0.25) is 0 Å². The number of nitrogens with one attached hydrogen (secondary N) is 2. The summed E-state index contributed by atoms with van der Waals surface area (Å²) in [5.41, 5.74) is 0.180. The molecule has 0 atom stereocenters. The summed E-state index contributed by atoms with van der Waals surface area (Å²) in [7, 11) is -4.06. The quantitative estimate of drug-likeness (QED) is 0.820. The van der Waals surface area contributed by atoms with E-state index in [2.05, 4.69) is 14.4 Å². The highest BCUT2D eigenvalue weighted by Gasteiger charge is 2.16. The number of ether oxygens (including phenoxy) is 1. The highest BCUT2D eigenvalue weighted by atomic mass is 35.5. The van der Waals surface area contributed by atoms with Gasteiger partial charge in [0.1, 0.15) is 5.15 Å². The molecule has 0 aliphatic rings. The van der Waals surface area contributed by atoms with Gasteiger partial charge < -0.3 is 4.74 Å². The van der Waals surface area contributed by atoms with Crippen LogP contribution in [-0.4, -0.2) is 25.6 Å². The summed E-state index contributed by atoms with van der Waals surface area (Å²) >= 11 is 5.59. The Hall–Kier alpha value is -1.54. The zero-order valence-corrected chi connectivity index (χ0v) is 11.2. The largest absolute Gasteiger partial charge is 0.446 e. The van der Waals surface area contributed by atoms with Crippen molar-refractivity contribution in [1.82, 2.24) is 9.71 Å². The average Bonchev–Trinajstić information content (AvgIpc) is 2.13. The van der Waals surface area contributed by atoms with Crippen molar-refractivity contribution in [2.24, 2.45) is 0 Å². The van der Waals surface area contributed by atoms with Crippen molar-refractivity contribution >= 4 is 33.6 Å². The van der Waals surface area contributed by atoms with Crippen molar-refractivity contribution in [2.45, 2.75) is 20.0 Å². The Morgan fingerprint density at radius 2 is 2.17 bits per heavy atom. The summed E-state index contributed by atoms with van der Waals surface area (Å²) in [4.78, 5) is 14.8. The molecule has 1 amide bonds. The number of nitrogens with zero attached hydrogens (tertiary/aromatic N) is 1. The minimum atomic E-state index is -4.06. The van der Waals surface area contributed by atoms with E-state index in [0.717, 1.165) is 0 Å². The molecule has 1 rings (SSSR count). The maximum Gasteiger partial charge on any atom is 0.422 e. The van der Waals surface area contributed by atoms with E-state index < -0.39 is 22.4 Å². The van der Waals surface area contributed by atoms with Crippen molar-refractivity contribution in [1.29, 1.82) is 0 Å². The smallest absolute Gasteiger partial charge is 0.422 e. The number of anilines is 1. The number of hydrogen-bond acceptors (Lipinski definition) is 5. The number of hydrogen-bond donors (Lipinski definition) is 2.